The van der Waals surface area contributed by atoms with Crippen molar-refractivity contribution in [2.24, 2.45) is 5.41 Å². The summed E-state index contributed by atoms with van der Waals surface area (Å²) in [7, 11) is 1.81. The van der Waals surface area contributed by atoms with Gasteiger partial charge in [0.15, 0.2) is 0 Å². The molecular formula is C12H23NO2. The maximum Gasteiger partial charge on any atom is 0.0753 e. The highest BCUT2D eigenvalue weighted by molar-refractivity contribution is 4.96. The van der Waals surface area contributed by atoms with Gasteiger partial charge in [-0.1, -0.05) is 0 Å². The smallest absolute Gasteiger partial charge is 0.0753 e. The Bertz CT molecular complexity index is 224. The highest BCUT2D eigenvalue weighted by atomic mass is 16.5. The summed E-state index contributed by atoms with van der Waals surface area (Å²) in [6.45, 7) is 9.46. The van der Waals surface area contributed by atoms with Crippen molar-refractivity contribution >= 4 is 0 Å². The largest absolute Gasteiger partial charge is 0.384 e. The van der Waals surface area contributed by atoms with Gasteiger partial charge in [0.25, 0.3) is 0 Å². The van der Waals surface area contributed by atoms with Crippen LogP contribution >= 0.6 is 0 Å². The zero-order valence-electron chi connectivity index (χ0n) is 10.2. The monoisotopic (exact) mass is 213 g/mol. The topological polar surface area (TPSA) is 21.7 Å². The van der Waals surface area contributed by atoms with Gasteiger partial charge in [0.05, 0.1) is 18.8 Å². The van der Waals surface area contributed by atoms with Crippen LogP contribution in [0.1, 0.15) is 26.7 Å². The van der Waals surface area contributed by atoms with Crippen molar-refractivity contribution in [1.29, 1.82) is 0 Å². The Morgan fingerprint density at radius 1 is 1.33 bits per heavy atom. The van der Waals surface area contributed by atoms with Crippen LogP contribution in [-0.2, 0) is 9.47 Å². The van der Waals surface area contributed by atoms with Crippen LogP contribution in [0.5, 0.6) is 0 Å². The van der Waals surface area contributed by atoms with Crippen LogP contribution in [0.15, 0.2) is 0 Å². The molecule has 1 aliphatic heterocycles. The Morgan fingerprint density at radius 3 is 2.60 bits per heavy atom. The molecule has 15 heavy (non-hydrogen) atoms. The van der Waals surface area contributed by atoms with Gasteiger partial charge in [-0.25, -0.2) is 0 Å². The molecule has 1 heterocycles. The van der Waals surface area contributed by atoms with Crippen molar-refractivity contribution in [3.8, 4) is 0 Å². The maximum absolute atomic E-state index is 5.72. The molecule has 0 N–H and O–H groups in total. The van der Waals surface area contributed by atoms with Gasteiger partial charge in [0.1, 0.15) is 0 Å². The van der Waals surface area contributed by atoms with Crippen LogP contribution in [0.4, 0.5) is 0 Å². The lowest BCUT2D eigenvalue weighted by Gasteiger charge is -2.39. The van der Waals surface area contributed by atoms with Gasteiger partial charge >= 0.3 is 0 Å². The number of methoxy groups -OCH3 is 1. The number of hydrogen-bond donors (Lipinski definition) is 0. The van der Waals surface area contributed by atoms with E-state index in [0.717, 1.165) is 26.3 Å². The van der Waals surface area contributed by atoms with E-state index in [1.807, 2.05) is 7.11 Å². The average Bonchev–Trinajstić information content (AvgIpc) is 2.83. The molecule has 2 aliphatic rings. The van der Waals surface area contributed by atoms with E-state index in [1.165, 1.54) is 19.4 Å². The van der Waals surface area contributed by atoms with Gasteiger partial charge in [-0.15, -0.1) is 0 Å². The summed E-state index contributed by atoms with van der Waals surface area (Å²) in [4.78, 5) is 2.54. The van der Waals surface area contributed by atoms with Gasteiger partial charge in [-0.2, -0.15) is 0 Å². The predicted molar refractivity (Wildman–Crippen MR) is 60.0 cm³/mol. The summed E-state index contributed by atoms with van der Waals surface area (Å²) >= 11 is 0. The fourth-order valence-electron chi connectivity index (χ4n) is 2.55. The number of nitrogens with zero attached hydrogens (tertiary/aromatic N) is 1. The molecule has 0 radical (unpaired) electrons. The quantitative estimate of drug-likeness (QED) is 0.707. The van der Waals surface area contributed by atoms with Crippen LogP contribution in [0.2, 0.25) is 0 Å². The Balaban J connectivity index is 1.84. The second-order valence-corrected chi connectivity index (χ2v) is 5.75. The second kappa shape index (κ2) is 4.04. The summed E-state index contributed by atoms with van der Waals surface area (Å²) in [6.07, 6.45) is 2.66. The molecule has 0 unspecified atom stereocenters. The second-order valence-electron chi connectivity index (χ2n) is 5.75. The molecular weight excluding hydrogens is 190 g/mol. The van der Waals surface area contributed by atoms with Crippen LogP contribution in [0, 0.1) is 5.41 Å². The van der Waals surface area contributed by atoms with Gasteiger partial charge in [0.2, 0.25) is 0 Å². The minimum absolute atomic E-state index is 0.0292. The van der Waals surface area contributed by atoms with E-state index in [2.05, 4.69) is 18.7 Å². The molecule has 1 saturated heterocycles. The molecule has 3 heteroatoms. The maximum atomic E-state index is 5.72. The lowest BCUT2D eigenvalue weighted by Crippen LogP contribution is -2.50. The molecule has 0 spiro atoms. The number of hydrogen-bond acceptors (Lipinski definition) is 3. The van der Waals surface area contributed by atoms with Crippen molar-refractivity contribution < 1.29 is 9.47 Å². The van der Waals surface area contributed by atoms with Gasteiger partial charge in [0, 0.05) is 32.2 Å². The summed E-state index contributed by atoms with van der Waals surface area (Å²) in [5.41, 5.74) is 0.504. The van der Waals surface area contributed by atoms with Gasteiger partial charge in [-0.3, -0.25) is 4.90 Å². The normalized spacial score (nSPS) is 29.0. The zero-order valence-corrected chi connectivity index (χ0v) is 10.2. The molecule has 2 rings (SSSR count). The fourth-order valence-corrected chi connectivity index (χ4v) is 2.55. The van der Waals surface area contributed by atoms with E-state index in [1.54, 1.807) is 0 Å². The van der Waals surface area contributed by atoms with Crippen LogP contribution in [0.3, 0.4) is 0 Å². The minimum Gasteiger partial charge on any atom is -0.384 e. The first kappa shape index (κ1) is 11.4. The van der Waals surface area contributed by atoms with Crippen molar-refractivity contribution in [2.75, 3.05) is 40.0 Å². The number of ether oxygens (including phenoxy) is 2. The summed E-state index contributed by atoms with van der Waals surface area (Å²) in [5, 5.41) is 0. The molecule has 0 aromatic heterocycles. The zero-order chi connectivity index (χ0) is 10.9. The summed E-state index contributed by atoms with van der Waals surface area (Å²) in [5.74, 6) is 0. The predicted octanol–water partition coefficient (Wildman–Crippen LogP) is 1.52. The SMILES string of the molecule is COCC1(CN2CCOC(C)(C)C2)CC1. The molecule has 88 valence electrons. The van der Waals surface area contributed by atoms with E-state index in [0.29, 0.717) is 5.41 Å². The third-order valence-electron chi connectivity index (χ3n) is 3.47. The van der Waals surface area contributed by atoms with Crippen molar-refractivity contribution in [1.82, 2.24) is 4.90 Å². The molecule has 0 aromatic carbocycles. The van der Waals surface area contributed by atoms with E-state index in [-0.39, 0.29) is 5.60 Å². The fraction of sp³-hybridized carbons (Fsp3) is 1.00. The molecule has 0 bridgehead atoms. The molecule has 0 atom stereocenters. The molecule has 1 saturated carbocycles. The highest BCUT2D eigenvalue weighted by Crippen LogP contribution is 2.46. The van der Waals surface area contributed by atoms with Crippen molar-refractivity contribution in [2.45, 2.75) is 32.3 Å². The van der Waals surface area contributed by atoms with E-state index in [9.17, 15) is 0 Å². The van der Waals surface area contributed by atoms with E-state index in [4.69, 9.17) is 9.47 Å². The van der Waals surface area contributed by atoms with Gasteiger partial charge in [-0.05, 0) is 26.7 Å². The lowest BCUT2D eigenvalue weighted by atomic mass is 10.0. The van der Waals surface area contributed by atoms with E-state index < -0.39 is 0 Å². The Morgan fingerprint density at radius 2 is 2.07 bits per heavy atom. The summed E-state index contributed by atoms with van der Waals surface area (Å²) in [6, 6.07) is 0. The Labute approximate surface area is 92.7 Å². The molecule has 1 aliphatic carbocycles. The first-order valence-electron chi connectivity index (χ1n) is 5.91. The number of morpholine rings is 1. The molecule has 0 aromatic rings. The molecule has 3 nitrogen and oxygen atoms in total. The third kappa shape index (κ3) is 2.92. The lowest BCUT2D eigenvalue weighted by molar-refractivity contribution is -0.0920. The van der Waals surface area contributed by atoms with Crippen molar-refractivity contribution in [3.05, 3.63) is 0 Å². The standard InChI is InChI=1S/C12H23NO2/c1-11(2)8-13(6-7-15-11)9-12(4-5-12)10-14-3/h4-10H2,1-3H3. The van der Waals surface area contributed by atoms with Crippen LogP contribution < -0.4 is 0 Å². The average molecular weight is 213 g/mol. The van der Waals surface area contributed by atoms with E-state index >= 15 is 0 Å². The van der Waals surface area contributed by atoms with Crippen LogP contribution in [0.25, 0.3) is 0 Å². The van der Waals surface area contributed by atoms with Crippen molar-refractivity contribution in [3.63, 3.8) is 0 Å². The molecule has 0 amide bonds. The highest BCUT2D eigenvalue weighted by Gasteiger charge is 2.45. The Hall–Kier alpha value is -0.120. The third-order valence-corrected chi connectivity index (χ3v) is 3.47. The first-order valence-corrected chi connectivity index (χ1v) is 5.91. The van der Waals surface area contributed by atoms with Crippen LogP contribution in [-0.4, -0.2) is 50.5 Å². The number of rotatable bonds is 4. The molecule has 2 fully saturated rings. The first-order chi connectivity index (χ1) is 7.05. The van der Waals surface area contributed by atoms with Gasteiger partial charge < -0.3 is 9.47 Å². The summed E-state index contributed by atoms with van der Waals surface area (Å²) < 4.78 is 11.0. The Kier molecular flexibility index (Phi) is 3.06. The minimum atomic E-state index is 0.0292.